The number of carbonyl (C=O) groups excluding carboxylic acids is 1. The van der Waals surface area contributed by atoms with Crippen LogP contribution >= 0.6 is 0 Å². The Morgan fingerprint density at radius 2 is 1.96 bits per heavy atom. The van der Waals surface area contributed by atoms with E-state index in [1.165, 1.54) is 0 Å². The van der Waals surface area contributed by atoms with Gasteiger partial charge in [-0.25, -0.2) is 0 Å². The Morgan fingerprint density at radius 3 is 2.64 bits per heavy atom. The van der Waals surface area contributed by atoms with Gasteiger partial charge < -0.3 is 24.8 Å². The van der Waals surface area contributed by atoms with Crippen LogP contribution in [0.2, 0.25) is 0 Å². The molecule has 9 heteroatoms. The molecule has 0 atom stereocenters. The lowest BCUT2D eigenvalue weighted by Gasteiger charge is -2.26. The van der Waals surface area contributed by atoms with E-state index in [2.05, 4.69) is 25.7 Å². The number of nitrogens with zero attached hydrogens (tertiary/aromatic N) is 3. The van der Waals surface area contributed by atoms with E-state index in [1.807, 2.05) is 0 Å². The minimum absolute atomic E-state index is 0.244. The molecule has 9 nitrogen and oxygen atoms in total. The first-order valence-electron chi connectivity index (χ1n) is 9.10. The lowest BCUT2D eigenvalue weighted by Crippen LogP contribution is -2.41. The van der Waals surface area contributed by atoms with E-state index in [0.29, 0.717) is 29.5 Å². The van der Waals surface area contributed by atoms with Gasteiger partial charge in [0.15, 0.2) is 11.5 Å². The third-order valence-electron chi connectivity index (χ3n) is 4.38. The van der Waals surface area contributed by atoms with Crippen molar-refractivity contribution in [3.05, 3.63) is 36.0 Å². The number of carbonyl (C=O) groups is 1. The molecule has 1 aromatic heterocycles. The van der Waals surface area contributed by atoms with Crippen molar-refractivity contribution in [2.75, 3.05) is 58.9 Å². The first kappa shape index (κ1) is 19.8. The van der Waals surface area contributed by atoms with Crippen molar-refractivity contribution in [2.24, 2.45) is 0 Å². The molecule has 1 aliphatic rings. The summed E-state index contributed by atoms with van der Waals surface area (Å²) in [7, 11) is 3.18. The molecular formula is C19H25N5O4. The second-order valence-electron chi connectivity index (χ2n) is 6.20. The quantitative estimate of drug-likeness (QED) is 0.700. The first-order chi connectivity index (χ1) is 13.7. The molecular weight excluding hydrogens is 362 g/mol. The van der Waals surface area contributed by atoms with E-state index < -0.39 is 0 Å². The maximum Gasteiger partial charge on any atom is 0.271 e. The lowest BCUT2D eigenvalue weighted by molar-refractivity contribution is 0.0383. The van der Waals surface area contributed by atoms with Crippen molar-refractivity contribution in [1.82, 2.24) is 20.4 Å². The van der Waals surface area contributed by atoms with Crippen LogP contribution in [-0.4, -0.2) is 74.6 Å². The number of hydrogen-bond donors (Lipinski definition) is 2. The largest absolute Gasteiger partial charge is 0.497 e. The van der Waals surface area contributed by atoms with Crippen molar-refractivity contribution < 1.29 is 19.0 Å². The zero-order chi connectivity index (χ0) is 19.8. The molecule has 2 heterocycles. The van der Waals surface area contributed by atoms with Crippen LogP contribution in [0.5, 0.6) is 11.5 Å². The molecule has 1 amide bonds. The lowest BCUT2D eigenvalue weighted by atomic mass is 10.2. The third kappa shape index (κ3) is 5.30. The van der Waals surface area contributed by atoms with Gasteiger partial charge in [0.1, 0.15) is 11.5 Å². The molecule has 0 radical (unpaired) electrons. The van der Waals surface area contributed by atoms with Crippen LogP contribution in [0, 0.1) is 0 Å². The summed E-state index contributed by atoms with van der Waals surface area (Å²) in [5, 5.41) is 14.1. The number of benzene rings is 1. The van der Waals surface area contributed by atoms with Gasteiger partial charge in [-0.15, -0.1) is 10.2 Å². The molecule has 0 saturated carbocycles. The number of methoxy groups -OCH3 is 2. The number of hydrogen-bond acceptors (Lipinski definition) is 8. The predicted molar refractivity (Wildman–Crippen MR) is 104 cm³/mol. The van der Waals surface area contributed by atoms with E-state index in [1.54, 1.807) is 44.6 Å². The molecule has 1 aliphatic heterocycles. The number of aromatic nitrogens is 2. The van der Waals surface area contributed by atoms with Crippen LogP contribution in [-0.2, 0) is 4.74 Å². The molecule has 28 heavy (non-hydrogen) atoms. The number of anilines is 2. The summed E-state index contributed by atoms with van der Waals surface area (Å²) in [4.78, 5) is 14.5. The van der Waals surface area contributed by atoms with Crippen LogP contribution < -0.4 is 20.1 Å². The van der Waals surface area contributed by atoms with Crippen molar-refractivity contribution in [2.45, 2.75) is 0 Å². The Balaban J connectivity index is 1.55. The van der Waals surface area contributed by atoms with Crippen LogP contribution in [0.1, 0.15) is 10.5 Å². The summed E-state index contributed by atoms with van der Waals surface area (Å²) < 4.78 is 15.9. The second kappa shape index (κ2) is 9.86. The predicted octanol–water partition coefficient (Wildman–Crippen LogP) is 1.30. The van der Waals surface area contributed by atoms with Crippen LogP contribution in [0.4, 0.5) is 11.5 Å². The van der Waals surface area contributed by atoms with E-state index in [0.717, 1.165) is 32.8 Å². The third-order valence-corrected chi connectivity index (χ3v) is 4.38. The van der Waals surface area contributed by atoms with Crippen LogP contribution in [0.25, 0.3) is 0 Å². The van der Waals surface area contributed by atoms with Gasteiger partial charge in [-0.1, -0.05) is 0 Å². The van der Waals surface area contributed by atoms with Crippen molar-refractivity contribution in [3.8, 4) is 11.5 Å². The highest BCUT2D eigenvalue weighted by Gasteiger charge is 2.12. The molecule has 1 fully saturated rings. The molecule has 0 unspecified atom stereocenters. The molecule has 0 bridgehead atoms. The Bertz CT molecular complexity index is 778. The van der Waals surface area contributed by atoms with Gasteiger partial charge in [0.2, 0.25) is 0 Å². The summed E-state index contributed by atoms with van der Waals surface area (Å²) >= 11 is 0. The molecule has 0 spiro atoms. The maximum absolute atomic E-state index is 12.2. The van der Waals surface area contributed by atoms with E-state index >= 15 is 0 Å². The normalized spacial score (nSPS) is 14.4. The first-order valence-corrected chi connectivity index (χ1v) is 9.10. The van der Waals surface area contributed by atoms with Crippen molar-refractivity contribution in [1.29, 1.82) is 0 Å². The summed E-state index contributed by atoms with van der Waals surface area (Å²) in [5.41, 5.74) is 0.962. The zero-order valence-electron chi connectivity index (χ0n) is 16.1. The van der Waals surface area contributed by atoms with Gasteiger partial charge >= 0.3 is 0 Å². The van der Waals surface area contributed by atoms with Gasteiger partial charge in [-0.3, -0.25) is 9.69 Å². The molecule has 2 aromatic rings. The van der Waals surface area contributed by atoms with Crippen molar-refractivity contribution >= 4 is 17.4 Å². The van der Waals surface area contributed by atoms with Crippen LogP contribution in [0.15, 0.2) is 30.3 Å². The standard InChI is InChI=1S/C19H25N5O4/c1-26-14-3-5-17(27-2)16(13-14)21-18-6-4-15(22-23-18)19(25)20-7-8-24-9-11-28-12-10-24/h3-6,13H,7-12H2,1-2H3,(H,20,25)(H,21,23). The molecule has 3 rings (SSSR count). The zero-order valence-corrected chi connectivity index (χ0v) is 16.1. The average molecular weight is 387 g/mol. The minimum atomic E-state index is -0.244. The maximum atomic E-state index is 12.2. The average Bonchev–Trinajstić information content (AvgIpc) is 2.75. The highest BCUT2D eigenvalue weighted by Crippen LogP contribution is 2.30. The fraction of sp³-hybridized carbons (Fsp3) is 0.421. The molecule has 150 valence electrons. The number of morpholine rings is 1. The molecule has 0 aliphatic carbocycles. The Morgan fingerprint density at radius 1 is 1.14 bits per heavy atom. The smallest absolute Gasteiger partial charge is 0.271 e. The minimum Gasteiger partial charge on any atom is -0.497 e. The summed E-state index contributed by atoms with van der Waals surface area (Å²) in [6.07, 6.45) is 0. The van der Waals surface area contributed by atoms with Crippen LogP contribution in [0.3, 0.4) is 0 Å². The molecule has 1 saturated heterocycles. The van der Waals surface area contributed by atoms with Gasteiger partial charge in [-0.05, 0) is 24.3 Å². The Hall–Kier alpha value is -2.91. The number of nitrogens with one attached hydrogen (secondary N) is 2. The van der Waals surface area contributed by atoms with Crippen molar-refractivity contribution in [3.63, 3.8) is 0 Å². The number of ether oxygens (including phenoxy) is 3. The monoisotopic (exact) mass is 387 g/mol. The highest BCUT2D eigenvalue weighted by atomic mass is 16.5. The Kier molecular flexibility index (Phi) is 6.99. The van der Waals surface area contributed by atoms with Gasteiger partial charge in [0.25, 0.3) is 5.91 Å². The molecule has 1 aromatic carbocycles. The van der Waals surface area contributed by atoms with E-state index in [9.17, 15) is 4.79 Å². The van der Waals surface area contributed by atoms with Gasteiger partial charge in [-0.2, -0.15) is 0 Å². The van der Waals surface area contributed by atoms with Gasteiger partial charge in [0, 0.05) is 32.2 Å². The SMILES string of the molecule is COc1ccc(OC)c(Nc2ccc(C(=O)NCCN3CCOCC3)nn2)c1. The Labute approximate surface area is 164 Å². The topological polar surface area (TPSA) is 97.8 Å². The second-order valence-corrected chi connectivity index (χ2v) is 6.20. The number of amides is 1. The summed E-state index contributed by atoms with van der Waals surface area (Å²) in [6, 6.07) is 8.73. The fourth-order valence-corrected chi connectivity index (χ4v) is 2.81. The van der Waals surface area contributed by atoms with E-state index in [4.69, 9.17) is 14.2 Å². The molecule has 2 N–H and O–H groups in total. The van der Waals surface area contributed by atoms with E-state index in [-0.39, 0.29) is 11.6 Å². The highest BCUT2D eigenvalue weighted by molar-refractivity contribution is 5.92. The fourth-order valence-electron chi connectivity index (χ4n) is 2.81. The summed E-state index contributed by atoms with van der Waals surface area (Å²) in [6.45, 7) is 4.62. The number of rotatable bonds is 8. The van der Waals surface area contributed by atoms with Gasteiger partial charge in [0.05, 0.1) is 33.1 Å². The summed E-state index contributed by atoms with van der Waals surface area (Å²) in [5.74, 6) is 1.59.